The van der Waals surface area contributed by atoms with Crippen molar-refractivity contribution < 1.29 is 28.7 Å². The van der Waals surface area contributed by atoms with Gasteiger partial charge in [0.15, 0.2) is 17.6 Å². The van der Waals surface area contributed by atoms with Crippen LogP contribution in [0.25, 0.3) is 0 Å². The minimum Gasteiger partial charge on any atom is -0.454 e. The van der Waals surface area contributed by atoms with Gasteiger partial charge in [-0.15, -0.1) is 0 Å². The summed E-state index contributed by atoms with van der Waals surface area (Å²) in [6, 6.07) is 8.13. The summed E-state index contributed by atoms with van der Waals surface area (Å²) in [4.78, 5) is 34.5. The molecule has 0 spiro atoms. The molecular formula is C17H13ClN2O7. The molecule has 0 aromatic heterocycles. The van der Waals surface area contributed by atoms with Crippen LogP contribution in [0.4, 0.5) is 11.4 Å². The van der Waals surface area contributed by atoms with Crippen molar-refractivity contribution in [2.45, 2.75) is 13.0 Å². The Bertz CT molecular complexity index is 931. The number of nitrogens with zero attached hydrogens (tertiary/aromatic N) is 1. The van der Waals surface area contributed by atoms with Crippen molar-refractivity contribution in [3.8, 4) is 11.5 Å². The first-order chi connectivity index (χ1) is 12.8. The fourth-order valence-corrected chi connectivity index (χ4v) is 2.48. The molecule has 1 aliphatic rings. The third kappa shape index (κ3) is 4.09. The van der Waals surface area contributed by atoms with Crippen LogP contribution < -0.4 is 14.8 Å². The maximum Gasteiger partial charge on any atom is 0.339 e. The van der Waals surface area contributed by atoms with Crippen molar-refractivity contribution >= 4 is 34.9 Å². The maximum absolute atomic E-state index is 12.2. The van der Waals surface area contributed by atoms with Crippen LogP contribution in [0.5, 0.6) is 11.5 Å². The largest absolute Gasteiger partial charge is 0.454 e. The first kappa shape index (κ1) is 18.5. The molecule has 0 radical (unpaired) electrons. The first-order valence-corrected chi connectivity index (χ1v) is 8.08. The number of ether oxygens (including phenoxy) is 3. The molecule has 1 atom stereocenters. The van der Waals surface area contributed by atoms with Crippen molar-refractivity contribution in [2.24, 2.45) is 0 Å². The number of fused-ring (bicyclic) bond motifs is 1. The second kappa shape index (κ2) is 7.50. The lowest BCUT2D eigenvalue weighted by Gasteiger charge is -2.14. The number of nitrogens with one attached hydrogen (secondary N) is 1. The molecule has 9 nitrogen and oxygen atoms in total. The van der Waals surface area contributed by atoms with Crippen LogP contribution in [0.2, 0.25) is 5.02 Å². The number of benzene rings is 2. The number of halogens is 1. The van der Waals surface area contributed by atoms with Crippen LogP contribution in [0.15, 0.2) is 36.4 Å². The highest BCUT2D eigenvalue weighted by Gasteiger charge is 2.22. The van der Waals surface area contributed by atoms with Crippen LogP contribution in [-0.4, -0.2) is 29.7 Å². The normalized spacial score (nSPS) is 13.0. The number of nitro benzene ring substituents is 1. The van der Waals surface area contributed by atoms with Gasteiger partial charge < -0.3 is 19.5 Å². The molecule has 0 fully saturated rings. The number of esters is 1. The zero-order chi connectivity index (χ0) is 19.6. The zero-order valence-electron chi connectivity index (χ0n) is 13.9. The summed E-state index contributed by atoms with van der Waals surface area (Å²) in [5.74, 6) is -0.421. The number of hydrogen-bond acceptors (Lipinski definition) is 7. The van der Waals surface area contributed by atoms with Gasteiger partial charge in [-0.1, -0.05) is 11.6 Å². The van der Waals surface area contributed by atoms with E-state index in [0.717, 1.165) is 6.07 Å². The number of anilines is 1. The fraction of sp³-hybridized carbons (Fsp3) is 0.176. The fourth-order valence-electron chi connectivity index (χ4n) is 2.26. The van der Waals surface area contributed by atoms with Gasteiger partial charge in [0, 0.05) is 12.1 Å². The second-order valence-electron chi connectivity index (χ2n) is 5.53. The standard InChI is InChI=1S/C17H13ClN2O7/c1-9(16(21)19-13-4-3-11(20(23)24)7-12(13)18)27-17(22)10-2-5-14-15(6-10)26-8-25-14/h2-7,9H,8H2,1H3,(H,19,21)/t9-/m0/s1. The molecule has 1 N–H and O–H groups in total. The van der Waals surface area contributed by atoms with Crippen molar-refractivity contribution in [3.63, 3.8) is 0 Å². The van der Waals surface area contributed by atoms with E-state index < -0.39 is 22.9 Å². The average molecular weight is 393 g/mol. The van der Waals surface area contributed by atoms with Gasteiger partial charge in [0.25, 0.3) is 11.6 Å². The van der Waals surface area contributed by atoms with Crippen LogP contribution >= 0.6 is 11.6 Å². The predicted octanol–water partition coefficient (Wildman–Crippen LogP) is 3.16. The predicted molar refractivity (Wildman–Crippen MR) is 94.2 cm³/mol. The Morgan fingerprint density at radius 1 is 1.22 bits per heavy atom. The monoisotopic (exact) mass is 392 g/mol. The van der Waals surface area contributed by atoms with E-state index in [2.05, 4.69) is 5.32 Å². The van der Waals surface area contributed by atoms with Crippen molar-refractivity contribution in [1.29, 1.82) is 0 Å². The van der Waals surface area contributed by atoms with Gasteiger partial charge in [0.05, 0.1) is 21.2 Å². The third-order valence-electron chi connectivity index (χ3n) is 3.68. The molecule has 2 aromatic carbocycles. The van der Waals surface area contributed by atoms with Gasteiger partial charge in [0.1, 0.15) is 0 Å². The Labute approximate surface area is 157 Å². The number of amides is 1. The van der Waals surface area contributed by atoms with Crippen LogP contribution in [0, 0.1) is 10.1 Å². The maximum atomic E-state index is 12.2. The van der Waals surface area contributed by atoms with E-state index in [1.165, 1.54) is 31.2 Å². The van der Waals surface area contributed by atoms with Gasteiger partial charge in [-0.3, -0.25) is 14.9 Å². The van der Waals surface area contributed by atoms with E-state index in [1.54, 1.807) is 6.07 Å². The lowest BCUT2D eigenvalue weighted by molar-refractivity contribution is -0.384. The van der Waals surface area contributed by atoms with Crippen LogP contribution in [0.1, 0.15) is 17.3 Å². The molecule has 1 amide bonds. The van der Waals surface area contributed by atoms with Crippen molar-refractivity contribution in [2.75, 3.05) is 12.1 Å². The van der Waals surface area contributed by atoms with Crippen molar-refractivity contribution in [1.82, 2.24) is 0 Å². The van der Waals surface area contributed by atoms with Crippen molar-refractivity contribution in [3.05, 3.63) is 57.1 Å². The summed E-state index contributed by atoms with van der Waals surface area (Å²) in [6.07, 6.45) is -1.13. The minimum atomic E-state index is -1.13. The Kier molecular flexibility index (Phi) is 5.13. The molecule has 1 aliphatic heterocycles. The number of carbonyl (C=O) groups is 2. The van der Waals surface area contributed by atoms with Crippen LogP contribution in [0.3, 0.4) is 0 Å². The zero-order valence-corrected chi connectivity index (χ0v) is 14.7. The molecular weight excluding hydrogens is 380 g/mol. The van der Waals surface area contributed by atoms with Gasteiger partial charge >= 0.3 is 5.97 Å². The van der Waals surface area contributed by atoms with E-state index in [9.17, 15) is 19.7 Å². The Hall–Kier alpha value is -3.33. The smallest absolute Gasteiger partial charge is 0.339 e. The highest BCUT2D eigenvalue weighted by molar-refractivity contribution is 6.34. The van der Waals surface area contributed by atoms with E-state index in [4.69, 9.17) is 25.8 Å². The van der Waals surface area contributed by atoms with E-state index in [1.807, 2.05) is 0 Å². The minimum absolute atomic E-state index is 0.00755. The molecule has 0 aliphatic carbocycles. The summed E-state index contributed by atoms with van der Waals surface area (Å²) in [5.41, 5.74) is 0.158. The molecule has 1 heterocycles. The third-order valence-corrected chi connectivity index (χ3v) is 4.00. The molecule has 0 bridgehead atoms. The number of nitro groups is 1. The van der Waals surface area contributed by atoms with Crippen LogP contribution in [-0.2, 0) is 9.53 Å². The van der Waals surface area contributed by atoms with E-state index in [0.29, 0.717) is 11.5 Å². The number of rotatable bonds is 5. The topological polar surface area (TPSA) is 117 Å². The highest BCUT2D eigenvalue weighted by atomic mass is 35.5. The SMILES string of the molecule is C[C@H](OC(=O)c1ccc2c(c1)OCO2)C(=O)Nc1ccc([N+](=O)[O-])cc1Cl. The van der Waals surface area contributed by atoms with E-state index in [-0.39, 0.29) is 28.8 Å². The van der Waals surface area contributed by atoms with Gasteiger partial charge in [-0.25, -0.2) is 4.79 Å². The highest BCUT2D eigenvalue weighted by Crippen LogP contribution is 2.32. The molecule has 140 valence electrons. The first-order valence-electron chi connectivity index (χ1n) is 7.70. The lowest BCUT2D eigenvalue weighted by atomic mass is 10.2. The Balaban J connectivity index is 1.64. The Morgan fingerprint density at radius 2 is 1.96 bits per heavy atom. The summed E-state index contributed by atoms with van der Waals surface area (Å²) in [5, 5.41) is 13.2. The molecule has 27 heavy (non-hydrogen) atoms. The van der Waals surface area contributed by atoms with Gasteiger partial charge in [-0.05, 0) is 31.2 Å². The number of carbonyl (C=O) groups excluding carboxylic acids is 2. The molecule has 2 aromatic rings. The molecule has 0 saturated heterocycles. The molecule has 10 heteroatoms. The summed E-state index contributed by atoms with van der Waals surface area (Å²) >= 11 is 5.93. The molecule has 3 rings (SSSR count). The average Bonchev–Trinajstić information content (AvgIpc) is 3.10. The number of hydrogen-bond donors (Lipinski definition) is 1. The summed E-state index contributed by atoms with van der Waals surface area (Å²) in [6.45, 7) is 1.46. The van der Waals surface area contributed by atoms with Gasteiger partial charge in [-0.2, -0.15) is 0 Å². The summed E-state index contributed by atoms with van der Waals surface area (Å²) < 4.78 is 15.5. The Morgan fingerprint density at radius 3 is 2.67 bits per heavy atom. The lowest BCUT2D eigenvalue weighted by Crippen LogP contribution is -2.30. The summed E-state index contributed by atoms with van der Waals surface area (Å²) in [7, 11) is 0. The quantitative estimate of drug-likeness (QED) is 0.471. The van der Waals surface area contributed by atoms with Gasteiger partial charge in [0.2, 0.25) is 6.79 Å². The number of non-ortho nitro benzene ring substituents is 1. The molecule has 0 saturated carbocycles. The molecule has 0 unspecified atom stereocenters. The van der Waals surface area contributed by atoms with E-state index >= 15 is 0 Å². The second-order valence-corrected chi connectivity index (χ2v) is 5.93.